The van der Waals surface area contributed by atoms with E-state index < -0.39 is 5.60 Å². The molecule has 162 valence electrons. The van der Waals surface area contributed by atoms with Crippen LogP contribution in [-0.4, -0.2) is 38.4 Å². The number of nitrogens with one attached hydrogen (secondary N) is 2. The molecule has 2 aromatic rings. The maximum absolute atomic E-state index is 12.1. The second-order valence-electron chi connectivity index (χ2n) is 10.4. The molecular formula is C23H33N5O2. The van der Waals surface area contributed by atoms with Crippen molar-refractivity contribution in [3.63, 3.8) is 0 Å². The van der Waals surface area contributed by atoms with E-state index >= 15 is 0 Å². The predicted octanol–water partition coefficient (Wildman–Crippen LogP) is 4.49. The Hall–Kier alpha value is -2.31. The van der Waals surface area contributed by atoms with Crippen LogP contribution in [0.2, 0.25) is 0 Å². The summed E-state index contributed by atoms with van der Waals surface area (Å²) in [5.41, 5.74) is 1.68. The first-order valence-electron chi connectivity index (χ1n) is 11.5. The Bertz CT molecular complexity index is 913. The lowest BCUT2D eigenvalue weighted by atomic mass is 9.93. The topological polar surface area (TPSA) is 80.5 Å². The van der Waals surface area contributed by atoms with Gasteiger partial charge in [-0.3, -0.25) is 0 Å². The lowest BCUT2D eigenvalue weighted by molar-refractivity contribution is 0.0505. The molecule has 7 heteroatoms. The number of alkyl carbamates (subject to hydrolysis) is 1. The summed E-state index contributed by atoms with van der Waals surface area (Å²) in [6.07, 6.45) is 9.71. The Balaban J connectivity index is 1.28. The van der Waals surface area contributed by atoms with Crippen LogP contribution >= 0.6 is 0 Å². The Labute approximate surface area is 178 Å². The third-order valence-electron chi connectivity index (χ3n) is 6.49. The van der Waals surface area contributed by atoms with Gasteiger partial charge in [0.15, 0.2) is 5.65 Å². The van der Waals surface area contributed by atoms with Crippen LogP contribution in [0.15, 0.2) is 18.3 Å². The first-order chi connectivity index (χ1) is 14.4. The average Bonchev–Trinajstić information content (AvgIpc) is 3.57. The zero-order valence-electron chi connectivity index (χ0n) is 18.2. The van der Waals surface area contributed by atoms with Crippen LogP contribution in [0.4, 0.5) is 10.6 Å². The first-order valence-corrected chi connectivity index (χ1v) is 11.5. The van der Waals surface area contributed by atoms with Crippen molar-refractivity contribution < 1.29 is 9.53 Å². The lowest BCUT2D eigenvalue weighted by Gasteiger charge is -2.22. The normalized spacial score (nSPS) is 24.4. The van der Waals surface area contributed by atoms with Gasteiger partial charge in [-0.1, -0.05) is 0 Å². The zero-order valence-corrected chi connectivity index (χ0v) is 18.2. The summed E-state index contributed by atoms with van der Waals surface area (Å²) in [6, 6.07) is 4.66. The highest BCUT2D eigenvalue weighted by Gasteiger charge is 2.43. The quantitative estimate of drug-likeness (QED) is 0.732. The van der Waals surface area contributed by atoms with E-state index in [2.05, 4.69) is 21.8 Å². The summed E-state index contributed by atoms with van der Waals surface area (Å²) in [7, 11) is 0. The second-order valence-corrected chi connectivity index (χ2v) is 10.4. The maximum atomic E-state index is 12.1. The van der Waals surface area contributed by atoms with Gasteiger partial charge < -0.3 is 15.4 Å². The number of anilines is 1. The molecule has 2 atom stereocenters. The van der Waals surface area contributed by atoms with E-state index in [1.165, 1.54) is 31.4 Å². The molecule has 1 amide bonds. The van der Waals surface area contributed by atoms with E-state index in [9.17, 15) is 4.79 Å². The third-order valence-corrected chi connectivity index (χ3v) is 6.49. The number of rotatable bonds is 6. The van der Waals surface area contributed by atoms with Crippen molar-refractivity contribution in [3.05, 3.63) is 24.0 Å². The number of hydrogen-bond acceptors (Lipinski definition) is 5. The summed E-state index contributed by atoms with van der Waals surface area (Å²) in [5.74, 6) is 3.26. The highest BCUT2D eigenvalue weighted by molar-refractivity contribution is 5.68. The molecule has 3 saturated carbocycles. The Morgan fingerprint density at radius 3 is 2.50 bits per heavy atom. The van der Waals surface area contributed by atoms with E-state index in [1.54, 1.807) is 0 Å². The summed E-state index contributed by atoms with van der Waals surface area (Å²) >= 11 is 0. The van der Waals surface area contributed by atoms with Gasteiger partial charge in [-0.25, -0.2) is 9.78 Å². The number of nitrogens with zero attached hydrogens (tertiary/aromatic N) is 3. The Morgan fingerprint density at radius 1 is 1.13 bits per heavy atom. The fourth-order valence-electron chi connectivity index (χ4n) is 4.91. The van der Waals surface area contributed by atoms with Gasteiger partial charge in [0, 0.05) is 30.1 Å². The molecule has 0 aromatic carbocycles. The molecule has 30 heavy (non-hydrogen) atoms. The molecule has 0 spiro atoms. The molecule has 2 N–H and O–H groups in total. The van der Waals surface area contributed by atoms with Crippen molar-refractivity contribution in [2.45, 2.75) is 89.3 Å². The van der Waals surface area contributed by atoms with Gasteiger partial charge in [-0.15, -0.1) is 0 Å². The fourth-order valence-corrected chi connectivity index (χ4v) is 4.91. The summed E-state index contributed by atoms with van der Waals surface area (Å²) in [5, 5.41) is 11.2. The third kappa shape index (κ3) is 4.40. The second kappa shape index (κ2) is 7.43. The minimum absolute atomic E-state index is 0.137. The molecule has 3 aliphatic carbocycles. The lowest BCUT2D eigenvalue weighted by Crippen LogP contribution is -2.38. The van der Waals surface area contributed by atoms with Gasteiger partial charge in [0.1, 0.15) is 11.4 Å². The molecule has 0 bridgehead atoms. The van der Waals surface area contributed by atoms with Crippen molar-refractivity contribution in [1.29, 1.82) is 0 Å². The van der Waals surface area contributed by atoms with Gasteiger partial charge in [-0.2, -0.15) is 9.61 Å². The van der Waals surface area contributed by atoms with Crippen molar-refractivity contribution in [2.75, 3.05) is 5.32 Å². The minimum atomic E-state index is -0.473. The number of aromatic nitrogens is 3. The summed E-state index contributed by atoms with van der Waals surface area (Å²) < 4.78 is 7.32. The highest BCUT2D eigenvalue weighted by Crippen LogP contribution is 2.54. The van der Waals surface area contributed by atoms with Crippen molar-refractivity contribution in [2.24, 2.45) is 11.8 Å². The molecule has 7 nitrogen and oxygen atoms in total. The smallest absolute Gasteiger partial charge is 0.407 e. The number of carbonyl (C=O) groups is 1. The van der Waals surface area contributed by atoms with E-state index in [-0.39, 0.29) is 12.1 Å². The van der Waals surface area contributed by atoms with E-state index in [0.29, 0.717) is 12.0 Å². The average molecular weight is 412 g/mol. The number of amides is 1. The van der Waals surface area contributed by atoms with Gasteiger partial charge in [0.2, 0.25) is 0 Å². The van der Waals surface area contributed by atoms with Crippen molar-refractivity contribution in [3.8, 4) is 0 Å². The molecular weight excluding hydrogens is 378 g/mol. The highest BCUT2D eigenvalue weighted by atomic mass is 16.6. The van der Waals surface area contributed by atoms with Gasteiger partial charge in [0.05, 0.1) is 11.9 Å². The minimum Gasteiger partial charge on any atom is -0.444 e. The van der Waals surface area contributed by atoms with Crippen LogP contribution in [0.25, 0.3) is 5.65 Å². The summed E-state index contributed by atoms with van der Waals surface area (Å²) in [6.45, 7) is 5.66. The molecule has 2 aromatic heterocycles. The SMILES string of the molecule is CC(C)(C)OC(=O)N[C@H]1CC[C@H](Nc2cc(C(C3CC3)C3CC3)nc3ccnn23)C1. The van der Waals surface area contributed by atoms with Gasteiger partial charge >= 0.3 is 6.09 Å². The monoisotopic (exact) mass is 411 g/mol. The van der Waals surface area contributed by atoms with Gasteiger partial charge in [0.25, 0.3) is 0 Å². The van der Waals surface area contributed by atoms with E-state index in [4.69, 9.17) is 9.72 Å². The van der Waals surface area contributed by atoms with Gasteiger partial charge in [-0.05, 0) is 77.6 Å². The van der Waals surface area contributed by atoms with Crippen LogP contribution in [0.3, 0.4) is 0 Å². The van der Waals surface area contributed by atoms with Crippen molar-refractivity contribution in [1.82, 2.24) is 19.9 Å². The molecule has 0 saturated heterocycles. The zero-order chi connectivity index (χ0) is 20.9. The van der Waals surface area contributed by atoms with Crippen molar-refractivity contribution >= 4 is 17.6 Å². The molecule has 0 aliphatic heterocycles. The molecule has 3 aliphatic rings. The number of fused-ring (bicyclic) bond motifs is 1. The van der Waals surface area contributed by atoms with Crippen LogP contribution in [-0.2, 0) is 4.74 Å². The molecule has 3 fully saturated rings. The number of carbonyl (C=O) groups excluding carboxylic acids is 1. The van der Waals surface area contributed by atoms with Crippen LogP contribution in [0, 0.1) is 11.8 Å². The number of ether oxygens (including phenoxy) is 1. The Morgan fingerprint density at radius 2 is 1.83 bits per heavy atom. The number of hydrogen-bond donors (Lipinski definition) is 2. The molecule has 0 unspecified atom stereocenters. The van der Waals surface area contributed by atoms with Crippen LogP contribution in [0.1, 0.15) is 77.3 Å². The standard InChI is InChI=1S/C23H33N5O2/c1-23(2,3)30-22(29)26-17-9-8-16(12-17)25-20-13-18(27-19-10-11-24-28(19)20)21(14-4-5-14)15-6-7-15/h10-11,13-17,21,25H,4-9,12H2,1-3H3,(H,26,29)/t16-,17-/m0/s1. The van der Waals surface area contributed by atoms with Crippen LogP contribution < -0.4 is 10.6 Å². The molecule has 2 heterocycles. The Kier molecular flexibility index (Phi) is 4.86. The van der Waals surface area contributed by atoms with Crippen LogP contribution in [0.5, 0.6) is 0 Å². The van der Waals surface area contributed by atoms with E-state index in [0.717, 1.165) is 42.6 Å². The first kappa shape index (κ1) is 19.6. The molecule has 5 rings (SSSR count). The predicted molar refractivity (Wildman–Crippen MR) is 116 cm³/mol. The van der Waals surface area contributed by atoms with E-state index in [1.807, 2.05) is 37.5 Å². The maximum Gasteiger partial charge on any atom is 0.407 e. The summed E-state index contributed by atoms with van der Waals surface area (Å²) in [4.78, 5) is 17.1. The molecule has 0 radical (unpaired) electrons. The largest absolute Gasteiger partial charge is 0.444 e. The fraction of sp³-hybridized carbons (Fsp3) is 0.696.